The van der Waals surface area contributed by atoms with Crippen LogP contribution in [0, 0.1) is 40.4 Å². The molecule has 0 heterocycles. The topological polar surface area (TPSA) is 23.5 Å². The van der Waals surface area contributed by atoms with Crippen LogP contribution < -0.4 is 0 Å². The van der Waals surface area contributed by atoms with Gasteiger partial charge in [0, 0.05) is 0 Å². The summed E-state index contributed by atoms with van der Waals surface area (Å²) in [5, 5.41) is 10.5. The lowest BCUT2D eigenvalue weighted by Crippen LogP contribution is -2.49. The molecule has 0 radical (unpaired) electrons. The third-order valence-corrected chi connectivity index (χ3v) is 11.3. The minimum absolute atomic E-state index is 0.0675. The second-order valence-electron chi connectivity index (χ2n) is 12.4. The van der Waals surface area contributed by atoms with Crippen molar-refractivity contribution in [3.05, 3.63) is 11.1 Å². The van der Waals surface area contributed by atoms with Crippen LogP contribution in [0.5, 0.6) is 0 Å². The molecule has 4 rings (SSSR count). The quantitative estimate of drug-likeness (QED) is 0.437. The fourth-order valence-electron chi connectivity index (χ4n) is 9.26. The van der Waals surface area contributed by atoms with Gasteiger partial charge in [0.2, 0.25) is 0 Å². The molecule has 0 aromatic heterocycles. The van der Waals surface area contributed by atoms with E-state index in [0.29, 0.717) is 22.7 Å². The Morgan fingerprint density at radius 1 is 1.03 bits per heavy atom. The molecule has 2 saturated carbocycles. The van der Waals surface area contributed by atoms with Gasteiger partial charge in [-0.15, -0.1) is 0 Å². The van der Waals surface area contributed by atoms with E-state index in [0.717, 1.165) is 24.2 Å². The van der Waals surface area contributed by atoms with Crippen molar-refractivity contribution < 1.29 is 5.11 Å². The molecule has 0 aliphatic heterocycles. The molecule has 0 saturated heterocycles. The highest BCUT2D eigenvalue weighted by Gasteiger charge is 2.56. The molecule has 178 valence electrons. The van der Waals surface area contributed by atoms with E-state index in [2.05, 4.69) is 46.4 Å². The largest absolute Gasteiger partial charge is 0.393 e. The number of allylic oxidation sites excluding steroid dienone is 2. The Labute approximate surface area is 193 Å². The average Bonchev–Trinajstić information content (AvgIpc) is 3.11. The first kappa shape index (κ1) is 23.8. The van der Waals surface area contributed by atoms with Gasteiger partial charge in [0.1, 0.15) is 0 Å². The van der Waals surface area contributed by atoms with E-state index in [1.807, 2.05) is 11.1 Å². The lowest BCUT2D eigenvalue weighted by atomic mass is 9.49. The maximum absolute atomic E-state index is 10.5. The van der Waals surface area contributed by atoms with E-state index in [9.17, 15) is 5.11 Å². The second kappa shape index (κ2) is 9.13. The van der Waals surface area contributed by atoms with E-state index < -0.39 is 0 Å². The molecular formula is C29H51NO. The van der Waals surface area contributed by atoms with Gasteiger partial charge in [0.05, 0.1) is 6.10 Å². The minimum atomic E-state index is -0.0675. The molecule has 4 aliphatic carbocycles. The highest BCUT2D eigenvalue weighted by atomic mass is 16.3. The van der Waals surface area contributed by atoms with E-state index in [4.69, 9.17) is 0 Å². The minimum Gasteiger partial charge on any atom is -0.393 e. The van der Waals surface area contributed by atoms with Gasteiger partial charge < -0.3 is 10.0 Å². The van der Waals surface area contributed by atoms with Crippen LogP contribution >= 0.6 is 0 Å². The molecule has 8 unspecified atom stereocenters. The van der Waals surface area contributed by atoms with Gasteiger partial charge in [-0.25, -0.2) is 0 Å². The van der Waals surface area contributed by atoms with Gasteiger partial charge in [-0.05, 0) is 124 Å². The zero-order valence-electron chi connectivity index (χ0n) is 21.6. The van der Waals surface area contributed by atoms with E-state index in [1.165, 1.54) is 77.4 Å². The van der Waals surface area contributed by atoms with Crippen LogP contribution in [-0.2, 0) is 0 Å². The summed E-state index contributed by atoms with van der Waals surface area (Å²) in [5.41, 5.74) is 4.70. The van der Waals surface area contributed by atoms with Crippen LogP contribution in [0.1, 0.15) is 106 Å². The van der Waals surface area contributed by atoms with Crippen molar-refractivity contribution in [1.29, 1.82) is 0 Å². The third kappa shape index (κ3) is 3.96. The molecule has 31 heavy (non-hydrogen) atoms. The standard InChI is InChI=1S/C29H51NO/c1-7-30(8-2)19-9-10-20(3)23-13-14-25-22-11-12-24-21(4)27(31)16-18-29(24,6)26(22)15-17-28(23,25)5/h20-21,23-25,27,31H,7-19H2,1-6H3. The monoisotopic (exact) mass is 429 g/mol. The second-order valence-corrected chi connectivity index (χ2v) is 12.4. The molecule has 8 atom stereocenters. The van der Waals surface area contributed by atoms with Crippen LogP contribution in [0.3, 0.4) is 0 Å². The maximum Gasteiger partial charge on any atom is 0.0569 e. The highest BCUT2D eigenvalue weighted by Crippen LogP contribution is 2.66. The Morgan fingerprint density at radius 2 is 1.77 bits per heavy atom. The van der Waals surface area contributed by atoms with Crippen molar-refractivity contribution >= 4 is 0 Å². The first-order valence-corrected chi connectivity index (χ1v) is 13.9. The van der Waals surface area contributed by atoms with E-state index in [-0.39, 0.29) is 6.10 Å². The zero-order chi connectivity index (χ0) is 22.4. The first-order chi connectivity index (χ1) is 14.8. The molecule has 4 aliphatic rings. The Kier molecular flexibility index (Phi) is 7.01. The Morgan fingerprint density at radius 3 is 2.48 bits per heavy atom. The van der Waals surface area contributed by atoms with Crippen LogP contribution in [0.4, 0.5) is 0 Å². The van der Waals surface area contributed by atoms with Crippen molar-refractivity contribution in [2.24, 2.45) is 40.4 Å². The number of aliphatic hydroxyl groups is 1. The van der Waals surface area contributed by atoms with E-state index >= 15 is 0 Å². The molecule has 2 nitrogen and oxygen atoms in total. The summed E-state index contributed by atoms with van der Waals surface area (Å²) in [6, 6.07) is 0. The fraction of sp³-hybridized carbons (Fsp3) is 0.931. The van der Waals surface area contributed by atoms with Crippen molar-refractivity contribution in [2.45, 2.75) is 112 Å². The first-order valence-electron chi connectivity index (χ1n) is 13.9. The molecule has 0 amide bonds. The van der Waals surface area contributed by atoms with E-state index in [1.54, 1.807) is 0 Å². The summed E-state index contributed by atoms with van der Waals surface area (Å²) in [4.78, 5) is 2.59. The average molecular weight is 430 g/mol. The lowest BCUT2D eigenvalue weighted by Gasteiger charge is -2.56. The Hall–Kier alpha value is -0.340. The van der Waals surface area contributed by atoms with Gasteiger partial charge >= 0.3 is 0 Å². The summed E-state index contributed by atoms with van der Waals surface area (Å²) in [7, 11) is 0. The van der Waals surface area contributed by atoms with Crippen molar-refractivity contribution in [3.8, 4) is 0 Å². The number of aliphatic hydroxyl groups excluding tert-OH is 1. The Balaban J connectivity index is 1.48. The number of rotatable bonds is 7. The SMILES string of the molecule is CCN(CC)CCCC(C)C1CCC2C3=C(CCC21C)C1(C)CCC(O)C(C)C1CC3. The van der Waals surface area contributed by atoms with Gasteiger partial charge in [-0.2, -0.15) is 0 Å². The van der Waals surface area contributed by atoms with Crippen molar-refractivity contribution in [2.75, 3.05) is 19.6 Å². The lowest BCUT2D eigenvalue weighted by molar-refractivity contribution is -0.0336. The molecule has 0 spiro atoms. The predicted octanol–water partition coefficient (Wildman–Crippen LogP) is 7.07. The molecule has 2 fully saturated rings. The van der Waals surface area contributed by atoms with Gasteiger partial charge in [-0.1, -0.05) is 52.7 Å². The zero-order valence-corrected chi connectivity index (χ0v) is 21.6. The van der Waals surface area contributed by atoms with Gasteiger partial charge in [0.15, 0.2) is 0 Å². The van der Waals surface area contributed by atoms with Crippen molar-refractivity contribution in [3.63, 3.8) is 0 Å². The third-order valence-electron chi connectivity index (χ3n) is 11.3. The number of hydrogen-bond donors (Lipinski definition) is 1. The summed E-state index contributed by atoms with van der Waals surface area (Å²) in [5.74, 6) is 3.82. The molecule has 1 N–H and O–H groups in total. The normalized spacial score (nSPS) is 43.5. The Bertz CT molecular complexity index is 666. The number of hydrogen-bond acceptors (Lipinski definition) is 2. The maximum atomic E-state index is 10.5. The molecule has 0 bridgehead atoms. The summed E-state index contributed by atoms with van der Waals surface area (Å²) >= 11 is 0. The van der Waals surface area contributed by atoms with Crippen LogP contribution in [0.25, 0.3) is 0 Å². The highest BCUT2D eigenvalue weighted by molar-refractivity contribution is 5.34. The smallest absolute Gasteiger partial charge is 0.0569 e. The van der Waals surface area contributed by atoms with Crippen LogP contribution in [0.2, 0.25) is 0 Å². The van der Waals surface area contributed by atoms with Crippen molar-refractivity contribution in [1.82, 2.24) is 4.90 Å². The van der Waals surface area contributed by atoms with Gasteiger partial charge in [-0.3, -0.25) is 0 Å². The van der Waals surface area contributed by atoms with Crippen LogP contribution in [0.15, 0.2) is 11.1 Å². The summed E-state index contributed by atoms with van der Waals surface area (Å²) < 4.78 is 0. The molecular weight excluding hydrogens is 378 g/mol. The molecule has 2 heteroatoms. The summed E-state index contributed by atoms with van der Waals surface area (Å²) in [6.07, 6.45) is 13.3. The number of fused-ring (bicyclic) bond motifs is 4. The van der Waals surface area contributed by atoms with Gasteiger partial charge in [0.25, 0.3) is 0 Å². The van der Waals surface area contributed by atoms with Crippen LogP contribution in [-0.4, -0.2) is 35.7 Å². The number of nitrogens with zero attached hydrogens (tertiary/aromatic N) is 1. The molecule has 0 aromatic rings. The summed E-state index contributed by atoms with van der Waals surface area (Å²) in [6.45, 7) is 18.4. The predicted molar refractivity (Wildman–Crippen MR) is 132 cm³/mol. The fourth-order valence-corrected chi connectivity index (χ4v) is 9.26. The molecule has 0 aromatic carbocycles.